The highest BCUT2D eigenvalue weighted by Crippen LogP contribution is 2.15. The van der Waals surface area contributed by atoms with E-state index in [1.54, 1.807) is 7.11 Å². The van der Waals surface area contributed by atoms with E-state index in [1.807, 2.05) is 13.0 Å². The standard InChI is InChI=1S/C13H21N3O/c1-10-15-12(9-13(16-10)17-2)7-6-11-5-3-4-8-14-11/h9,11,14H,3-8H2,1-2H3. The Morgan fingerprint density at radius 2 is 2.29 bits per heavy atom. The second kappa shape index (κ2) is 5.96. The molecule has 0 aliphatic carbocycles. The zero-order valence-corrected chi connectivity index (χ0v) is 10.7. The molecular weight excluding hydrogens is 214 g/mol. The van der Waals surface area contributed by atoms with Crippen LogP contribution >= 0.6 is 0 Å². The maximum absolute atomic E-state index is 5.16. The van der Waals surface area contributed by atoms with Crippen LogP contribution in [0.15, 0.2) is 6.07 Å². The highest BCUT2D eigenvalue weighted by molar-refractivity contribution is 5.16. The number of aryl methyl sites for hydroxylation is 2. The molecule has 0 bridgehead atoms. The summed E-state index contributed by atoms with van der Waals surface area (Å²) in [5.41, 5.74) is 1.08. The molecule has 2 heterocycles. The largest absolute Gasteiger partial charge is 0.481 e. The Morgan fingerprint density at radius 1 is 1.41 bits per heavy atom. The van der Waals surface area contributed by atoms with Crippen LogP contribution in [-0.2, 0) is 6.42 Å². The van der Waals surface area contributed by atoms with E-state index in [9.17, 15) is 0 Å². The molecule has 0 radical (unpaired) electrons. The lowest BCUT2D eigenvalue weighted by Crippen LogP contribution is -2.34. The molecule has 4 heteroatoms. The van der Waals surface area contributed by atoms with Gasteiger partial charge < -0.3 is 10.1 Å². The average Bonchev–Trinajstić information content (AvgIpc) is 2.37. The predicted molar refractivity (Wildman–Crippen MR) is 67.3 cm³/mol. The molecule has 1 atom stereocenters. The molecular formula is C13H21N3O. The van der Waals surface area contributed by atoms with Crippen LogP contribution in [-0.4, -0.2) is 29.7 Å². The minimum absolute atomic E-state index is 0.657. The van der Waals surface area contributed by atoms with Crippen molar-refractivity contribution >= 4 is 0 Å². The van der Waals surface area contributed by atoms with E-state index >= 15 is 0 Å². The molecule has 0 amide bonds. The lowest BCUT2D eigenvalue weighted by molar-refractivity contribution is 0.379. The highest BCUT2D eigenvalue weighted by Gasteiger charge is 2.13. The second-order valence-corrected chi connectivity index (χ2v) is 4.63. The summed E-state index contributed by atoms with van der Waals surface area (Å²) in [7, 11) is 1.65. The number of nitrogens with zero attached hydrogens (tertiary/aromatic N) is 2. The van der Waals surface area contributed by atoms with E-state index in [4.69, 9.17) is 4.74 Å². The van der Waals surface area contributed by atoms with Gasteiger partial charge in [-0.3, -0.25) is 0 Å². The van der Waals surface area contributed by atoms with Crippen molar-refractivity contribution in [2.75, 3.05) is 13.7 Å². The first-order valence-electron chi connectivity index (χ1n) is 6.40. The van der Waals surface area contributed by atoms with Gasteiger partial charge in [-0.25, -0.2) is 4.98 Å². The van der Waals surface area contributed by atoms with Crippen LogP contribution in [0.3, 0.4) is 0 Å². The van der Waals surface area contributed by atoms with Gasteiger partial charge in [0, 0.05) is 17.8 Å². The van der Waals surface area contributed by atoms with Crippen LogP contribution in [0.5, 0.6) is 5.88 Å². The number of rotatable bonds is 4. The Bertz CT molecular complexity index is 362. The normalized spacial score (nSPS) is 20.2. The first-order valence-corrected chi connectivity index (χ1v) is 6.40. The van der Waals surface area contributed by atoms with Crippen molar-refractivity contribution in [3.63, 3.8) is 0 Å². The number of hydrogen-bond acceptors (Lipinski definition) is 4. The quantitative estimate of drug-likeness (QED) is 0.865. The molecule has 17 heavy (non-hydrogen) atoms. The van der Waals surface area contributed by atoms with E-state index < -0.39 is 0 Å². The van der Waals surface area contributed by atoms with Gasteiger partial charge in [0.1, 0.15) is 5.82 Å². The summed E-state index contributed by atoms with van der Waals surface area (Å²) in [5, 5.41) is 3.56. The molecule has 1 saturated heterocycles. The predicted octanol–water partition coefficient (Wildman–Crippen LogP) is 1.87. The molecule has 1 fully saturated rings. The molecule has 4 nitrogen and oxygen atoms in total. The van der Waals surface area contributed by atoms with Crippen molar-refractivity contribution in [1.82, 2.24) is 15.3 Å². The Labute approximate surface area is 103 Å². The van der Waals surface area contributed by atoms with Crippen LogP contribution in [0, 0.1) is 6.92 Å². The molecule has 1 N–H and O–H groups in total. The molecule has 0 saturated carbocycles. The summed E-state index contributed by atoms with van der Waals surface area (Å²) in [4.78, 5) is 8.65. The van der Waals surface area contributed by atoms with E-state index in [0.717, 1.165) is 30.9 Å². The van der Waals surface area contributed by atoms with Crippen molar-refractivity contribution in [2.24, 2.45) is 0 Å². The van der Waals surface area contributed by atoms with Gasteiger partial charge in [-0.05, 0) is 39.2 Å². The maximum atomic E-state index is 5.16. The third kappa shape index (κ3) is 3.66. The average molecular weight is 235 g/mol. The monoisotopic (exact) mass is 235 g/mol. The van der Waals surface area contributed by atoms with Gasteiger partial charge in [0.15, 0.2) is 0 Å². The zero-order chi connectivity index (χ0) is 12.1. The fourth-order valence-corrected chi connectivity index (χ4v) is 2.32. The van der Waals surface area contributed by atoms with Crippen LogP contribution < -0.4 is 10.1 Å². The highest BCUT2D eigenvalue weighted by atomic mass is 16.5. The van der Waals surface area contributed by atoms with Gasteiger partial charge in [0.05, 0.1) is 7.11 Å². The van der Waals surface area contributed by atoms with Gasteiger partial charge in [-0.15, -0.1) is 0 Å². The molecule has 94 valence electrons. The van der Waals surface area contributed by atoms with Crippen LogP contribution in [0.4, 0.5) is 0 Å². The van der Waals surface area contributed by atoms with E-state index in [-0.39, 0.29) is 0 Å². The number of hydrogen-bond donors (Lipinski definition) is 1. The number of methoxy groups -OCH3 is 1. The molecule has 1 aliphatic rings. The van der Waals surface area contributed by atoms with E-state index in [2.05, 4.69) is 15.3 Å². The zero-order valence-electron chi connectivity index (χ0n) is 10.7. The topological polar surface area (TPSA) is 47.0 Å². The summed E-state index contributed by atoms with van der Waals surface area (Å²) in [6.07, 6.45) is 6.11. The van der Waals surface area contributed by atoms with E-state index in [1.165, 1.54) is 19.3 Å². The lowest BCUT2D eigenvalue weighted by Gasteiger charge is -2.23. The maximum Gasteiger partial charge on any atom is 0.216 e. The number of nitrogens with one attached hydrogen (secondary N) is 1. The van der Waals surface area contributed by atoms with E-state index in [0.29, 0.717) is 11.9 Å². The van der Waals surface area contributed by atoms with Crippen molar-refractivity contribution < 1.29 is 4.74 Å². The Kier molecular flexibility index (Phi) is 4.31. The minimum atomic E-state index is 0.657. The Morgan fingerprint density at radius 3 is 3.00 bits per heavy atom. The second-order valence-electron chi connectivity index (χ2n) is 4.63. The number of aromatic nitrogens is 2. The van der Waals surface area contributed by atoms with Crippen molar-refractivity contribution in [3.05, 3.63) is 17.6 Å². The molecule has 1 aromatic rings. The minimum Gasteiger partial charge on any atom is -0.481 e. The van der Waals surface area contributed by atoms with Crippen LogP contribution in [0.2, 0.25) is 0 Å². The molecule has 1 aliphatic heterocycles. The fraction of sp³-hybridized carbons (Fsp3) is 0.692. The van der Waals surface area contributed by atoms with Gasteiger partial charge in [-0.1, -0.05) is 6.42 Å². The molecule has 0 spiro atoms. The Hall–Kier alpha value is -1.16. The molecule has 2 rings (SSSR count). The lowest BCUT2D eigenvalue weighted by atomic mass is 10.00. The van der Waals surface area contributed by atoms with Crippen molar-refractivity contribution in [1.29, 1.82) is 0 Å². The summed E-state index contributed by atoms with van der Waals surface area (Å²) in [5.74, 6) is 1.46. The Balaban J connectivity index is 1.91. The van der Waals surface area contributed by atoms with Gasteiger partial charge >= 0.3 is 0 Å². The third-order valence-corrected chi connectivity index (χ3v) is 3.24. The third-order valence-electron chi connectivity index (χ3n) is 3.24. The van der Waals surface area contributed by atoms with Crippen LogP contribution in [0.25, 0.3) is 0 Å². The van der Waals surface area contributed by atoms with Gasteiger partial charge in [0.2, 0.25) is 5.88 Å². The van der Waals surface area contributed by atoms with Crippen LogP contribution in [0.1, 0.15) is 37.2 Å². The molecule has 1 aromatic heterocycles. The fourth-order valence-electron chi connectivity index (χ4n) is 2.32. The molecule has 1 unspecified atom stereocenters. The van der Waals surface area contributed by atoms with Gasteiger partial charge in [-0.2, -0.15) is 4.98 Å². The molecule has 0 aromatic carbocycles. The van der Waals surface area contributed by atoms with Gasteiger partial charge in [0.25, 0.3) is 0 Å². The number of piperidine rings is 1. The van der Waals surface area contributed by atoms with Crippen molar-refractivity contribution in [2.45, 2.75) is 45.1 Å². The first-order chi connectivity index (χ1) is 8.28. The first kappa shape index (κ1) is 12.3. The smallest absolute Gasteiger partial charge is 0.216 e. The SMILES string of the molecule is COc1cc(CCC2CCCCN2)nc(C)n1. The summed E-state index contributed by atoms with van der Waals surface area (Å²) < 4.78 is 5.16. The summed E-state index contributed by atoms with van der Waals surface area (Å²) in [6.45, 7) is 3.07. The number of ether oxygens (including phenoxy) is 1. The summed E-state index contributed by atoms with van der Waals surface area (Å²) in [6, 6.07) is 2.60. The summed E-state index contributed by atoms with van der Waals surface area (Å²) >= 11 is 0. The van der Waals surface area contributed by atoms with Crippen molar-refractivity contribution in [3.8, 4) is 5.88 Å².